The van der Waals surface area contributed by atoms with E-state index >= 15 is 0 Å². The molecule has 1 heterocycles. The normalized spacial score (nSPS) is 11.7. The first kappa shape index (κ1) is 19.4. The summed E-state index contributed by atoms with van der Waals surface area (Å²) in [4.78, 5) is 35.9. The van der Waals surface area contributed by atoms with Gasteiger partial charge in [-0.1, -0.05) is 30.3 Å². The molecule has 0 aliphatic carbocycles. The molecule has 26 heavy (non-hydrogen) atoms. The van der Waals surface area contributed by atoms with Crippen molar-refractivity contribution < 1.29 is 19.1 Å². The number of amides is 1. The Morgan fingerprint density at radius 2 is 1.81 bits per heavy atom. The molecule has 1 N–H and O–H groups in total. The van der Waals surface area contributed by atoms with Crippen LogP contribution in [0.3, 0.4) is 0 Å². The monoisotopic (exact) mass is 356 g/mol. The Morgan fingerprint density at radius 3 is 2.35 bits per heavy atom. The van der Waals surface area contributed by atoms with E-state index in [1.165, 1.54) is 6.92 Å². The van der Waals surface area contributed by atoms with Gasteiger partial charge in [-0.05, 0) is 25.5 Å². The number of ether oxygens (including phenoxy) is 1. The molecular formula is C20H24N2O4. The van der Waals surface area contributed by atoms with Crippen LogP contribution in [0.2, 0.25) is 0 Å². The number of rotatable bonds is 7. The summed E-state index contributed by atoms with van der Waals surface area (Å²) in [5.74, 6) is -1.01. The number of Topliss-reactive ketones (excluding diaryl/α,β-unsaturated/α-hetero) is 1. The minimum absolute atomic E-state index is 0.0380. The summed E-state index contributed by atoms with van der Waals surface area (Å²) < 4.78 is 7.06. The molecular weight excluding hydrogens is 332 g/mol. The minimum atomic E-state index is -0.536. The maximum Gasteiger partial charge on any atom is 0.308 e. The number of carbonyl (C=O) groups is 3. The van der Waals surface area contributed by atoms with Gasteiger partial charge >= 0.3 is 5.97 Å². The molecule has 0 radical (unpaired) electrons. The van der Waals surface area contributed by atoms with E-state index in [2.05, 4.69) is 5.32 Å². The molecule has 0 aliphatic heterocycles. The zero-order chi connectivity index (χ0) is 19.3. The van der Waals surface area contributed by atoms with Crippen molar-refractivity contribution in [3.05, 3.63) is 58.9 Å². The van der Waals surface area contributed by atoms with Gasteiger partial charge in [0, 0.05) is 30.9 Å². The lowest BCUT2D eigenvalue weighted by molar-refractivity contribution is -0.143. The van der Waals surface area contributed by atoms with Gasteiger partial charge in [0.2, 0.25) is 11.7 Å². The van der Waals surface area contributed by atoms with E-state index < -0.39 is 12.0 Å². The molecule has 0 spiro atoms. The Labute approximate surface area is 153 Å². The topological polar surface area (TPSA) is 77.4 Å². The zero-order valence-corrected chi connectivity index (χ0v) is 15.5. The number of aromatic nitrogens is 1. The zero-order valence-electron chi connectivity index (χ0n) is 15.5. The third-order valence-electron chi connectivity index (χ3n) is 4.39. The van der Waals surface area contributed by atoms with E-state index in [0.717, 1.165) is 17.0 Å². The van der Waals surface area contributed by atoms with Crippen LogP contribution in [0.25, 0.3) is 0 Å². The quantitative estimate of drug-likeness (QED) is 0.611. The maximum absolute atomic E-state index is 12.3. The molecule has 0 fully saturated rings. The van der Waals surface area contributed by atoms with Gasteiger partial charge in [0.15, 0.2) is 6.61 Å². The van der Waals surface area contributed by atoms with E-state index in [9.17, 15) is 14.4 Å². The van der Waals surface area contributed by atoms with Gasteiger partial charge in [-0.25, -0.2) is 0 Å². The molecule has 2 rings (SSSR count). The number of hydrogen-bond donors (Lipinski definition) is 1. The fraction of sp³-hybridized carbons (Fsp3) is 0.350. The molecule has 0 saturated carbocycles. The Morgan fingerprint density at radius 1 is 1.15 bits per heavy atom. The Balaban J connectivity index is 1.98. The molecule has 0 aliphatic rings. The lowest BCUT2D eigenvalue weighted by Gasteiger charge is -2.17. The largest absolute Gasteiger partial charge is 0.457 e. The second-order valence-corrected chi connectivity index (χ2v) is 6.30. The molecule has 1 aromatic heterocycles. The second-order valence-electron chi connectivity index (χ2n) is 6.30. The molecule has 1 aromatic carbocycles. The SMILES string of the molecule is CC(=O)N[C@@H](CC(=O)OCC(=O)c1cc(C)n(C)c1C)c1ccccc1. The van der Waals surface area contributed by atoms with Crippen LogP contribution in [0.15, 0.2) is 36.4 Å². The fourth-order valence-corrected chi connectivity index (χ4v) is 2.77. The van der Waals surface area contributed by atoms with E-state index in [0.29, 0.717) is 5.56 Å². The number of nitrogens with one attached hydrogen (secondary N) is 1. The average Bonchev–Trinajstić information content (AvgIpc) is 2.87. The third-order valence-corrected chi connectivity index (χ3v) is 4.39. The number of ketones is 1. The number of nitrogens with zero attached hydrogens (tertiary/aromatic N) is 1. The molecule has 1 atom stereocenters. The Hall–Kier alpha value is -2.89. The first-order valence-electron chi connectivity index (χ1n) is 8.43. The number of carbonyl (C=O) groups excluding carboxylic acids is 3. The van der Waals surface area contributed by atoms with Crippen molar-refractivity contribution in [2.24, 2.45) is 7.05 Å². The second kappa shape index (κ2) is 8.47. The van der Waals surface area contributed by atoms with Crippen LogP contribution in [-0.2, 0) is 21.4 Å². The van der Waals surface area contributed by atoms with Gasteiger partial charge in [0.05, 0.1) is 12.5 Å². The van der Waals surface area contributed by atoms with Gasteiger partial charge in [-0.15, -0.1) is 0 Å². The number of aryl methyl sites for hydroxylation is 1. The highest BCUT2D eigenvalue weighted by molar-refractivity contribution is 5.99. The average molecular weight is 356 g/mol. The predicted molar refractivity (Wildman–Crippen MR) is 97.8 cm³/mol. The van der Waals surface area contributed by atoms with Crippen molar-refractivity contribution in [1.29, 1.82) is 0 Å². The van der Waals surface area contributed by atoms with E-state index in [-0.39, 0.29) is 24.7 Å². The van der Waals surface area contributed by atoms with Crippen molar-refractivity contribution in [3.63, 3.8) is 0 Å². The first-order valence-corrected chi connectivity index (χ1v) is 8.43. The molecule has 1 amide bonds. The van der Waals surface area contributed by atoms with Gasteiger partial charge in [0.25, 0.3) is 0 Å². The van der Waals surface area contributed by atoms with Gasteiger partial charge in [-0.3, -0.25) is 14.4 Å². The highest BCUT2D eigenvalue weighted by Crippen LogP contribution is 2.18. The number of hydrogen-bond acceptors (Lipinski definition) is 4. The summed E-state index contributed by atoms with van der Waals surface area (Å²) in [5.41, 5.74) is 3.16. The molecule has 0 unspecified atom stereocenters. The summed E-state index contributed by atoms with van der Waals surface area (Å²) >= 11 is 0. The molecule has 6 nitrogen and oxygen atoms in total. The van der Waals surface area contributed by atoms with E-state index in [4.69, 9.17) is 4.74 Å². The lowest BCUT2D eigenvalue weighted by Crippen LogP contribution is -2.29. The van der Waals surface area contributed by atoms with Crippen molar-refractivity contribution in [2.75, 3.05) is 6.61 Å². The maximum atomic E-state index is 12.3. The molecule has 138 valence electrons. The van der Waals surface area contributed by atoms with Crippen molar-refractivity contribution >= 4 is 17.7 Å². The summed E-state index contributed by atoms with van der Waals surface area (Å²) in [6.45, 7) is 4.84. The highest BCUT2D eigenvalue weighted by atomic mass is 16.5. The third kappa shape index (κ3) is 4.81. The van der Waals surface area contributed by atoms with Crippen LogP contribution in [0, 0.1) is 13.8 Å². The number of esters is 1. The van der Waals surface area contributed by atoms with Crippen molar-refractivity contribution in [3.8, 4) is 0 Å². The lowest BCUT2D eigenvalue weighted by atomic mass is 10.0. The van der Waals surface area contributed by atoms with Crippen LogP contribution in [0.4, 0.5) is 0 Å². The van der Waals surface area contributed by atoms with Gasteiger partial charge in [-0.2, -0.15) is 0 Å². The van der Waals surface area contributed by atoms with Crippen LogP contribution in [0.5, 0.6) is 0 Å². The minimum Gasteiger partial charge on any atom is -0.457 e. The molecule has 6 heteroatoms. The van der Waals surface area contributed by atoms with Gasteiger partial charge in [0.1, 0.15) is 0 Å². The predicted octanol–water partition coefficient (Wildman–Crippen LogP) is 2.64. The van der Waals surface area contributed by atoms with E-state index in [1.54, 1.807) is 6.07 Å². The molecule has 0 bridgehead atoms. The summed E-state index contributed by atoms with van der Waals surface area (Å²) in [5, 5.41) is 2.74. The van der Waals surface area contributed by atoms with Crippen LogP contribution < -0.4 is 5.32 Å². The smallest absolute Gasteiger partial charge is 0.308 e. The standard InChI is InChI=1S/C20H24N2O4/c1-13-10-17(14(2)22(13)4)19(24)12-26-20(25)11-18(21-15(3)23)16-8-6-5-7-9-16/h5-10,18H,11-12H2,1-4H3,(H,21,23)/t18-/m0/s1. The first-order chi connectivity index (χ1) is 12.3. The molecule has 2 aromatic rings. The summed E-state index contributed by atoms with van der Waals surface area (Å²) in [7, 11) is 1.88. The highest BCUT2D eigenvalue weighted by Gasteiger charge is 2.20. The van der Waals surface area contributed by atoms with Crippen LogP contribution in [-0.4, -0.2) is 28.8 Å². The van der Waals surface area contributed by atoms with Crippen LogP contribution >= 0.6 is 0 Å². The Kier molecular flexibility index (Phi) is 6.33. The van der Waals surface area contributed by atoms with E-state index in [1.807, 2.05) is 55.8 Å². The summed E-state index contributed by atoms with van der Waals surface area (Å²) in [6.07, 6.45) is -0.0380. The van der Waals surface area contributed by atoms with Crippen molar-refractivity contribution in [2.45, 2.75) is 33.2 Å². The summed E-state index contributed by atoms with van der Waals surface area (Å²) in [6, 6.07) is 10.5. The van der Waals surface area contributed by atoms with Crippen LogP contribution in [0.1, 0.15) is 46.7 Å². The van der Waals surface area contributed by atoms with Crippen molar-refractivity contribution in [1.82, 2.24) is 9.88 Å². The van der Waals surface area contributed by atoms with Gasteiger partial charge < -0.3 is 14.6 Å². The molecule has 0 saturated heterocycles. The Bertz CT molecular complexity index is 809. The number of benzene rings is 1. The fourth-order valence-electron chi connectivity index (χ4n) is 2.77.